The van der Waals surface area contributed by atoms with Crippen LogP contribution in [0.2, 0.25) is 0 Å². The number of halogens is 1. The lowest BCUT2D eigenvalue weighted by Crippen LogP contribution is -1.53. The third-order valence-corrected chi connectivity index (χ3v) is 0.615. The number of rotatable bonds is 0. The fourth-order valence-corrected chi connectivity index (χ4v) is 0. The molecular weight excluding hydrogens is 124 g/mol. The summed E-state index contributed by atoms with van der Waals surface area (Å²) in [6.07, 6.45) is 0. The van der Waals surface area contributed by atoms with Gasteiger partial charge in [0.15, 0.2) is 5.81 Å². The van der Waals surface area contributed by atoms with Gasteiger partial charge >= 0.3 is 6.58 Å². The van der Waals surface area contributed by atoms with Gasteiger partial charge in [-0.2, -0.15) is 9.46 Å². The lowest BCUT2D eigenvalue weighted by Gasteiger charge is -1.81. The number of hydrogen-bond acceptors (Lipinski definition) is 2. The van der Waals surface area contributed by atoms with Crippen molar-refractivity contribution in [3.05, 3.63) is 0 Å². The molecule has 1 unspecified atom stereocenters. The summed E-state index contributed by atoms with van der Waals surface area (Å²) in [5.74, 6) is 0.919. The SMILES string of the molecule is N#CP(O)(F)=S. The largest absolute Gasteiger partial charge is 0.332 e. The molecular formula is CHFNOPS. The fraction of sp³-hybridized carbons (Fsp3) is 0. The molecule has 0 saturated carbocycles. The van der Waals surface area contributed by atoms with E-state index in [0.717, 1.165) is 5.81 Å². The van der Waals surface area contributed by atoms with Gasteiger partial charge < -0.3 is 4.89 Å². The lowest BCUT2D eigenvalue weighted by atomic mass is 11.8. The van der Waals surface area contributed by atoms with Gasteiger partial charge in [0, 0.05) is 0 Å². The number of hydrogen-bond donors (Lipinski definition) is 1. The molecule has 6 heavy (non-hydrogen) atoms. The van der Waals surface area contributed by atoms with E-state index in [1.54, 1.807) is 0 Å². The Morgan fingerprint density at radius 1 is 2.00 bits per heavy atom. The summed E-state index contributed by atoms with van der Waals surface area (Å²) >= 11 is 3.62. The van der Waals surface area contributed by atoms with E-state index in [-0.39, 0.29) is 0 Å². The molecule has 0 bridgehead atoms. The molecule has 0 aliphatic rings. The van der Waals surface area contributed by atoms with Crippen molar-refractivity contribution < 1.29 is 9.09 Å². The van der Waals surface area contributed by atoms with Gasteiger partial charge in [0.05, 0.1) is 0 Å². The van der Waals surface area contributed by atoms with E-state index < -0.39 is 6.58 Å². The highest BCUT2D eigenvalue weighted by Gasteiger charge is 2.03. The van der Waals surface area contributed by atoms with Crippen molar-refractivity contribution in [1.82, 2.24) is 0 Å². The molecule has 0 spiro atoms. The van der Waals surface area contributed by atoms with Gasteiger partial charge in [-0.1, -0.05) is 0 Å². The van der Waals surface area contributed by atoms with Crippen LogP contribution in [0, 0.1) is 11.1 Å². The molecule has 0 aliphatic heterocycles. The first kappa shape index (κ1) is 6.03. The molecule has 0 rings (SSSR count). The molecule has 1 N–H and O–H groups in total. The van der Waals surface area contributed by atoms with Crippen molar-refractivity contribution in [2.75, 3.05) is 0 Å². The Hall–Kier alpha value is 0.0300. The monoisotopic (exact) mass is 125 g/mol. The van der Waals surface area contributed by atoms with E-state index in [1.165, 1.54) is 0 Å². The Balaban J connectivity index is 3.94. The normalized spacial score (nSPS) is 18.2. The van der Waals surface area contributed by atoms with Gasteiger partial charge in [0.1, 0.15) is 0 Å². The topological polar surface area (TPSA) is 44.0 Å². The molecule has 0 aromatic heterocycles. The molecule has 0 aliphatic carbocycles. The zero-order valence-electron chi connectivity index (χ0n) is 2.63. The highest BCUT2D eigenvalue weighted by atomic mass is 32.5. The van der Waals surface area contributed by atoms with E-state index in [0.29, 0.717) is 0 Å². The molecule has 0 saturated heterocycles. The van der Waals surface area contributed by atoms with Crippen molar-refractivity contribution in [2.45, 2.75) is 0 Å². The average molecular weight is 125 g/mol. The van der Waals surface area contributed by atoms with Gasteiger partial charge in [-0.25, -0.2) is 0 Å². The molecule has 0 aromatic rings. The van der Waals surface area contributed by atoms with Crippen molar-refractivity contribution in [3.63, 3.8) is 0 Å². The summed E-state index contributed by atoms with van der Waals surface area (Å²) in [6.45, 7) is -4.01. The summed E-state index contributed by atoms with van der Waals surface area (Å²) in [4.78, 5) is 7.72. The smallest absolute Gasteiger partial charge is 0.327 e. The molecule has 0 radical (unpaired) electrons. The summed E-state index contributed by atoms with van der Waals surface area (Å²) in [6, 6.07) is 0. The summed E-state index contributed by atoms with van der Waals surface area (Å²) in [5.41, 5.74) is 0. The number of nitriles is 1. The van der Waals surface area contributed by atoms with Gasteiger partial charge in [-0.3, -0.25) is 0 Å². The minimum atomic E-state index is -4.01. The van der Waals surface area contributed by atoms with Gasteiger partial charge in [0.2, 0.25) is 0 Å². The van der Waals surface area contributed by atoms with Gasteiger partial charge in [0.25, 0.3) is 0 Å². The minimum absolute atomic E-state index is 0.919. The molecule has 34 valence electrons. The second-order valence-corrected chi connectivity index (χ2v) is 3.26. The molecule has 2 nitrogen and oxygen atoms in total. The predicted molar refractivity (Wildman–Crippen MR) is 23.2 cm³/mol. The number of nitrogens with zero attached hydrogens (tertiary/aromatic N) is 1. The molecule has 0 fully saturated rings. The van der Waals surface area contributed by atoms with Gasteiger partial charge in [-0.15, -0.1) is 0 Å². The first-order valence-electron chi connectivity index (χ1n) is 0.999. The quantitative estimate of drug-likeness (QED) is 0.485. The van der Waals surface area contributed by atoms with E-state index in [1.807, 2.05) is 0 Å². The van der Waals surface area contributed by atoms with Crippen LogP contribution in [0.15, 0.2) is 0 Å². The Bertz CT molecular complexity index is 122. The Labute approximate surface area is 39.4 Å². The molecule has 1 atom stereocenters. The second kappa shape index (κ2) is 1.65. The van der Waals surface area contributed by atoms with Crippen LogP contribution >= 0.6 is 6.58 Å². The minimum Gasteiger partial charge on any atom is -0.332 e. The first-order valence-corrected chi connectivity index (χ1v) is 3.64. The third kappa shape index (κ3) is 4.03. The lowest BCUT2D eigenvalue weighted by molar-refractivity contribution is 0.578. The van der Waals surface area contributed by atoms with E-state index in [2.05, 4.69) is 11.8 Å². The van der Waals surface area contributed by atoms with Crippen molar-refractivity contribution in [1.29, 1.82) is 5.26 Å². The fourth-order valence-electron chi connectivity index (χ4n) is 0. The van der Waals surface area contributed by atoms with Gasteiger partial charge in [-0.05, 0) is 11.8 Å². The van der Waals surface area contributed by atoms with Crippen molar-refractivity contribution in [2.24, 2.45) is 0 Å². The molecule has 0 aromatic carbocycles. The first-order chi connectivity index (χ1) is 2.56. The van der Waals surface area contributed by atoms with Crippen LogP contribution in [0.3, 0.4) is 0 Å². The zero-order valence-corrected chi connectivity index (χ0v) is 4.34. The van der Waals surface area contributed by atoms with E-state index >= 15 is 0 Å². The predicted octanol–water partition coefficient (Wildman–Crippen LogP) is 0.739. The zero-order chi connectivity index (χ0) is 5.21. The Kier molecular flexibility index (Phi) is 1.66. The van der Waals surface area contributed by atoms with Crippen LogP contribution in [0.5, 0.6) is 0 Å². The standard InChI is InChI=1S/CHFNOPS/c2-5(4,6)1-3/h(H,4,6). The molecule has 0 amide bonds. The molecule has 5 heteroatoms. The van der Waals surface area contributed by atoms with Crippen molar-refractivity contribution in [3.8, 4) is 5.81 Å². The van der Waals surface area contributed by atoms with Crippen molar-refractivity contribution >= 4 is 18.4 Å². The Morgan fingerprint density at radius 2 is 2.17 bits per heavy atom. The maximum absolute atomic E-state index is 11.2. The van der Waals surface area contributed by atoms with Crippen LogP contribution in [-0.2, 0) is 11.8 Å². The van der Waals surface area contributed by atoms with Crippen LogP contribution < -0.4 is 0 Å². The van der Waals surface area contributed by atoms with Crippen LogP contribution in [0.1, 0.15) is 0 Å². The maximum Gasteiger partial charge on any atom is 0.327 e. The molecule has 0 heterocycles. The average Bonchev–Trinajstić information content (AvgIpc) is 1.35. The maximum atomic E-state index is 11.2. The van der Waals surface area contributed by atoms with Crippen LogP contribution in [0.25, 0.3) is 0 Å². The third-order valence-electron chi connectivity index (χ3n) is 0.123. The second-order valence-electron chi connectivity index (χ2n) is 0.602. The highest BCUT2D eigenvalue weighted by molar-refractivity contribution is 8.11. The van der Waals surface area contributed by atoms with E-state index in [4.69, 9.17) is 10.2 Å². The Morgan fingerprint density at radius 3 is 2.17 bits per heavy atom. The van der Waals surface area contributed by atoms with Crippen LogP contribution in [0.4, 0.5) is 4.20 Å². The summed E-state index contributed by atoms with van der Waals surface area (Å²) in [7, 11) is 0. The van der Waals surface area contributed by atoms with Crippen LogP contribution in [-0.4, -0.2) is 4.89 Å². The highest BCUT2D eigenvalue weighted by Crippen LogP contribution is 2.39. The summed E-state index contributed by atoms with van der Waals surface area (Å²) < 4.78 is 11.2. The van der Waals surface area contributed by atoms with E-state index in [9.17, 15) is 4.20 Å². The summed E-state index contributed by atoms with van der Waals surface area (Å²) in [5, 5.41) is 7.47.